The zero-order chi connectivity index (χ0) is 16.7. The molecule has 1 aliphatic rings. The Labute approximate surface area is 138 Å². The molecule has 0 bridgehead atoms. The summed E-state index contributed by atoms with van der Waals surface area (Å²) in [6, 6.07) is 10.1. The highest BCUT2D eigenvalue weighted by molar-refractivity contribution is 5.86. The number of rotatable bonds is 8. The van der Waals surface area contributed by atoms with Gasteiger partial charge in [-0.1, -0.05) is 61.2 Å². The van der Waals surface area contributed by atoms with Crippen molar-refractivity contribution in [2.24, 2.45) is 11.1 Å². The van der Waals surface area contributed by atoms with Crippen molar-refractivity contribution < 1.29 is 14.7 Å². The Morgan fingerprint density at radius 2 is 1.91 bits per heavy atom. The van der Waals surface area contributed by atoms with E-state index < -0.39 is 11.6 Å². The van der Waals surface area contributed by atoms with Crippen LogP contribution in [-0.4, -0.2) is 22.4 Å². The number of hydrogen-bond acceptors (Lipinski definition) is 3. The number of benzene rings is 1. The van der Waals surface area contributed by atoms with Gasteiger partial charge in [-0.2, -0.15) is 0 Å². The quantitative estimate of drug-likeness (QED) is 0.570. The number of aliphatic carboxylic acids is 1. The first-order valence-corrected chi connectivity index (χ1v) is 8.48. The van der Waals surface area contributed by atoms with Crippen LogP contribution in [0.1, 0.15) is 57.9 Å². The van der Waals surface area contributed by atoms with E-state index in [0.717, 1.165) is 24.5 Å². The van der Waals surface area contributed by atoms with Crippen LogP contribution in [0.3, 0.4) is 0 Å². The van der Waals surface area contributed by atoms with Gasteiger partial charge >= 0.3 is 5.97 Å². The van der Waals surface area contributed by atoms with E-state index in [-0.39, 0.29) is 0 Å². The van der Waals surface area contributed by atoms with E-state index in [1.807, 2.05) is 18.2 Å². The Morgan fingerprint density at radius 1 is 1.26 bits per heavy atom. The standard InChI is InChI=1S/C19H27NO3/c1-19(2,18(21)22)23-20-17(13-12-15-8-6-7-9-15)14-16-10-4-3-5-11-16/h3-5,10-11,15H,6-9,12-14H2,1-2H3,(H,21,22)/b20-17+. The Morgan fingerprint density at radius 3 is 2.52 bits per heavy atom. The molecule has 0 aromatic heterocycles. The van der Waals surface area contributed by atoms with Gasteiger partial charge in [-0.15, -0.1) is 0 Å². The molecule has 126 valence electrons. The molecule has 4 heteroatoms. The molecule has 1 aromatic rings. The van der Waals surface area contributed by atoms with Crippen molar-refractivity contribution in [1.82, 2.24) is 0 Å². The van der Waals surface area contributed by atoms with E-state index in [1.165, 1.54) is 45.1 Å². The van der Waals surface area contributed by atoms with Gasteiger partial charge in [0.2, 0.25) is 5.60 Å². The molecule has 2 rings (SSSR count). The zero-order valence-electron chi connectivity index (χ0n) is 14.1. The molecule has 0 aliphatic heterocycles. The number of oxime groups is 1. The van der Waals surface area contributed by atoms with E-state index in [9.17, 15) is 4.79 Å². The summed E-state index contributed by atoms with van der Waals surface area (Å²) in [5.41, 5.74) is 0.807. The maximum absolute atomic E-state index is 11.2. The molecule has 23 heavy (non-hydrogen) atoms. The molecule has 1 N–H and O–H groups in total. The molecule has 1 fully saturated rings. The van der Waals surface area contributed by atoms with E-state index >= 15 is 0 Å². The summed E-state index contributed by atoms with van der Waals surface area (Å²) in [5.74, 6) is -0.223. The molecule has 0 atom stereocenters. The zero-order valence-corrected chi connectivity index (χ0v) is 14.1. The Balaban J connectivity index is 2.01. The van der Waals surface area contributed by atoms with Gasteiger partial charge in [0.15, 0.2) is 0 Å². The van der Waals surface area contributed by atoms with E-state index in [0.29, 0.717) is 6.42 Å². The lowest BCUT2D eigenvalue weighted by atomic mass is 9.97. The first kappa shape index (κ1) is 17.5. The lowest BCUT2D eigenvalue weighted by Gasteiger charge is -2.18. The largest absolute Gasteiger partial charge is 0.478 e. The molecule has 0 saturated heterocycles. The lowest BCUT2D eigenvalue weighted by Crippen LogP contribution is -2.33. The third kappa shape index (κ3) is 5.70. The first-order valence-electron chi connectivity index (χ1n) is 8.48. The summed E-state index contributed by atoms with van der Waals surface area (Å²) < 4.78 is 0. The van der Waals surface area contributed by atoms with Crippen LogP contribution in [0.5, 0.6) is 0 Å². The number of carbonyl (C=O) groups is 1. The summed E-state index contributed by atoms with van der Waals surface area (Å²) >= 11 is 0. The van der Waals surface area contributed by atoms with Crippen LogP contribution < -0.4 is 0 Å². The average molecular weight is 317 g/mol. The van der Waals surface area contributed by atoms with Gasteiger partial charge in [0, 0.05) is 6.42 Å². The van der Waals surface area contributed by atoms with Gasteiger partial charge < -0.3 is 9.94 Å². The van der Waals surface area contributed by atoms with Crippen LogP contribution in [0.2, 0.25) is 0 Å². The number of carboxylic acids is 1. The third-order valence-corrected chi connectivity index (χ3v) is 4.48. The van der Waals surface area contributed by atoms with E-state index in [2.05, 4.69) is 17.3 Å². The van der Waals surface area contributed by atoms with Crippen LogP contribution >= 0.6 is 0 Å². The maximum atomic E-state index is 11.2. The van der Waals surface area contributed by atoms with Gasteiger partial charge in [-0.05, 0) is 38.2 Å². The first-order chi connectivity index (χ1) is 11.0. The highest BCUT2D eigenvalue weighted by Crippen LogP contribution is 2.29. The van der Waals surface area contributed by atoms with Crippen LogP contribution in [0.4, 0.5) is 0 Å². The number of nitrogens with zero attached hydrogens (tertiary/aromatic N) is 1. The second-order valence-corrected chi connectivity index (χ2v) is 6.92. The van der Waals surface area contributed by atoms with Crippen molar-refractivity contribution in [2.45, 2.75) is 64.4 Å². The molecular weight excluding hydrogens is 290 g/mol. The monoisotopic (exact) mass is 317 g/mol. The Kier molecular flexibility index (Phi) is 6.20. The summed E-state index contributed by atoms with van der Waals surface area (Å²) in [6.45, 7) is 3.05. The number of hydrogen-bond donors (Lipinski definition) is 1. The molecular formula is C19H27NO3. The van der Waals surface area contributed by atoms with Crippen LogP contribution in [-0.2, 0) is 16.1 Å². The minimum Gasteiger partial charge on any atom is -0.478 e. The summed E-state index contributed by atoms with van der Waals surface area (Å²) in [6.07, 6.45) is 7.97. The molecule has 4 nitrogen and oxygen atoms in total. The summed E-state index contributed by atoms with van der Waals surface area (Å²) in [7, 11) is 0. The normalized spacial score (nSPS) is 16.5. The second kappa shape index (κ2) is 8.14. The van der Waals surface area contributed by atoms with Gasteiger partial charge in [-0.3, -0.25) is 0 Å². The highest BCUT2D eigenvalue weighted by Gasteiger charge is 2.30. The van der Waals surface area contributed by atoms with E-state index in [4.69, 9.17) is 9.94 Å². The molecule has 0 heterocycles. The smallest absolute Gasteiger partial charge is 0.350 e. The Hall–Kier alpha value is -1.84. The minimum atomic E-state index is -1.30. The predicted molar refractivity (Wildman–Crippen MR) is 91.6 cm³/mol. The fraction of sp³-hybridized carbons (Fsp3) is 0.579. The number of carboxylic acid groups (broad SMARTS) is 1. The van der Waals surface area contributed by atoms with Gasteiger partial charge in [0.05, 0.1) is 5.71 Å². The molecule has 0 spiro atoms. The maximum Gasteiger partial charge on any atom is 0.350 e. The van der Waals surface area contributed by atoms with Crippen molar-refractivity contribution in [1.29, 1.82) is 0 Å². The van der Waals surface area contributed by atoms with E-state index in [1.54, 1.807) is 0 Å². The van der Waals surface area contributed by atoms with Crippen LogP contribution in [0.15, 0.2) is 35.5 Å². The van der Waals surface area contributed by atoms with Crippen molar-refractivity contribution in [3.8, 4) is 0 Å². The molecule has 1 aromatic carbocycles. The van der Waals surface area contributed by atoms with Gasteiger partial charge in [-0.25, -0.2) is 4.79 Å². The van der Waals surface area contributed by atoms with Crippen molar-refractivity contribution in [2.75, 3.05) is 0 Å². The second-order valence-electron chi connectivity index (χ2n) is 6.92. The van der Waals surface area contributed by atoms with Crippen LogP contribution in [0.25, 0.3) is 0 Å². The summed E-state index contributed by atoms with van der Waals surface area (Å²) in [4.78, 5) is 16.5. The predicted octanol–water partition coefficient (Wildman–Crippen LogP) is 4.44. The van der Waals surface area contributed by atoms with Crippen LogP contribution in [0, 0.1) is 5.92 Å². The van der Waals surface area contributed by atoms with Crippen molar-refractivity contribution in [3.05, 3.63) is 35.9 Å². The molecule has 0 unspecified atom stereocenters. The third-order valence-electron chi connectivity index (χ3n) is 4.48. The molecule has 0 radical (unpaired) electrons. The SMILES string of the molecule is CC(C)(O/N=C(\CCC1CCCC1)Cc1ccccc1)C(=O)O. The molecule has 1 saturated carbocycles. The fourth-order valence-electron chi connectivity index (χ4n) is 2.89. The van der Waals surface area contributed by atoms with Gasteiger partial charge in [0.1, 0.15) is 0 Å². The fourth-order valence-corrected chi connectivity index (χ4v) is 2.89. The molecule has 1 aliphatic carbocycles. The summed E-state index contributed by atoms with van der Waals surface area (Å²) in [5, 5.41) is 13.4. The highest BCUT2D eigenvalue weighted by atomic mass is 16.7. The topological polar surface area (TPSA) is 58.9 Å². The molecule has 0 amide bonds. The minimum absolute atomic E-state index is 0.712. The average Bonchev–Trinajstić information content (AvgIpc) is 3.04. The van der Waals surface area contributed by atoms with Crippen molar-refractivity contribution in [3.63, 3.8) is 0 Å². The van der Waals surface area contributed by atoms with Crippen molar-refractivity contribution >= 4 is 11.7 Å². The van der Waals surface area contributed by atoms with Gasteiger partial charge in [0.25, 0.3) is 0 Å². The lowest BCUT2D eigenvalue weighted by molar-refractivity contribution is -0.161. The Bertz CT molecular complexity index is 531.